The zero-order chi connectivity index (χ0) is 26.6. The molecule has 0 atom stereocenters. The molecule has 4 rings (SSSR count). The third-order valence-corrected chi connectivity index (χ3v) is 6.54. The first-order valence-electron chi connectivity index (χ1n) is 12.4. The summed E-state index contributed by atoms with van der Waals surface area (Å²) >= 11 is 0. The van der Waals surface area contributed by atoms with E-state index in [2.05, 4.69) is 18.0 Å². The second kappa shape index (κ2) is 11.4. The van der Waals surface area contributed by atoms with Crippen molar-refractivity contribution in [2.24, 2.45) is 0 Å². The Hall–Kier alpha value is -3.35. The van der Waals surface area contributed by atoms with Gasteiger partial charge in [0.2, 0.25) is 0 Å². The zero-order valence-electron chi connectivity index (χ0n) is 20.4. The zero-order valence-corrected chi connectivity index (χ0v) is 20.4. The van der Waals surface area contributed by atoms with Crippen molar-refractivity contribution in [2.75, 3.05) is 0 Å². The van der Waals surface area contributed by atoms with Crippen molar-refractivity contribution in [2.45, 2.75) is 58.0 Å². The topological polar surface area (TPSA) is 12.9 Å². The molecule has 0 aliphatic rings. The molecule has 0 bridgehead atoms. The number of fused-ring (bicyclic) bond motifs is 1. The summed E-state index contributed by atoms with van der Waals surface area (Å²) in [4.78, 5) is 4.57. The summed E-state index contributed by atoms with van der Waals surface area (Å²) in [6.45, 7) is 2.18. The van der Waals surface area contributed by atoms with Gasteiger partial charge in [0, 0.05) is 17.1 Å². The van der Waals surface area contributed by atoms with Crippen LogP contribution in [0.2, 0.25) is 0 Å². The van der Waals surface area contributed by atoms with Crippen LogP contribution >= 0.6 is 0 Å². The van der Waals surface area contributed by atoms with Gasteiger partial charge in [0.1, 0.15) is 23.0 Å². The van der Waals surface area contributed by atoms with Gasteiger partial charge in [-0.2, -0.15) is 13.2 Å². The minimum atomic E-state index is -5.12. The fourth-order valence-electron chi connectivity index (χ4n) is 4.51. The summed E-state index contributed by atoms with van der Waals surface area (Å²) in [5, 5.41) is 1.06. The maximum atomic E-state index is 15.2. The van der Waals surface area contributed by atoms with Gasteiger partial charge in [-0.1, -0.05) is 56.5 Å². The maximum absolute atomic E-state index is 15.2. The van der Waals surface area contributed by atoms with Crippen LogP contribution in [0.1, 0.15) is 54.9 Å². The molecule has 0 radical (unpaired) electrons. The van der Waals surface area contributed by atoms with E-state index in [1.807, 2.05) is 18.3 Å². The number of halogens is 6. The quantitative estimate of drug-likeness (QED) is 0.160. The average molecular weight is 516 g/mol. The van der Waals surface area contributed by atoms with Crippen LogP contribution in [0.4, 0.5) is 26.3 Å². The molecule has 4 aromatic rings. The molecular weight excluding hydrogens is 488 g/mol. The van der Waals surface area contributed by atoms with Crippen molar-refractivity contribution in [1.29, 1.82) is 0 Å². The monoisotopic (exact) mass is 515 g/mol. The number of alkyl halides is 3. The highest BCUT2D eigenvalue weighted by Gasteiger charge is 2.37. The van der Waals surface area contributed by atoms with Crippen LogP contribution in [0, 0.1) is 17.5 Å². The van der Waals surface area contributed by atoms with E-state index in [1.54, 1.807) is 24.3 Å². The Morgan fingerprint density at radius 3 is 2.14 bits per heavy atom. The standard InChI is InChI=1S/C30H27F6N/c1-2-3-4-5-6-19-8-14-27(37-18-19)23-12-13-24-22(17-23)11-10-21(29(24)33)9-7-20-15-25(31)28(26(32)16-20)30(34,35)36/h8,10-18H,2-7,9H2,1H3. The van der Waals surface area contributed by atoms with Crippen LogP contribution < -0.4 is 0 Å². The molecule has 7 heteroatoms. The van der Waals surface area contributed by atoms with E-state index in [-0.39, 0.29) is 18.4 Å². The van der Waals surface area contributed by atoms with Crippen molar-refractivity contribution in [3.8, 4) is 11.3 Å². The number of hydrogen-bond donors (Lipinski definition) is 0. The molecular formula is C30H27F6N. The van der Waals surface area contributed by atoms with Gasteiger partial charge in [0.25, 0.3) is 0 Å². The Labute approximate surface area is 212 Å². The highest BCUT2D eigenvalue weighted by molar-refractivity contribution is 5.88. The summed E-state index contributed by atoms with van der Waals surface area (Å²) in [6, 6.07) is 14.0. The number of nitrogens with zero attached hydrogens (tertiary/aromatic N) is 1. The molecule has 0 saturated heterocycles. The lowest BCUT2D eigenvalue weighted by Gasteiger charge is -2.12. The largest absolute Gasteiger partial charge is 0.422 e. The van der Waals surface area contributed by atoms with Crippen LogP contribution in [-0.2, 0) is 25.4 Å². The van der Waals surface area contributed by atoms with E-state index in [0.29, 0.717) is 28.5 Å². The summed E-state index contributed by atoms with van der Waals surface area (Å²) in [6.07, 6.45) is 2.57. The smallest absolute Gasteiger partial charge is 0.256 e. The normalized spacial score (nSPS) is 11.9. The SMILES string of the molecule is CCCCCCc1ccc(-c2ccc3c(F)c(CCc4cc(F)c(C(F)(F)F)c(F)c4)ccc3c2)nc1. The average Bonchev–Trinajstić information content (AvgIpc) is 2.85. The van der Waals surface area contributed by atoms with Gasteiger partial charge < -0.3 is 0 Å². The molecule has 0 fully saturated rings. The van der Waals surface area contributed by atoms with Crippen LogP contribution in [0.15, 0.2) is 60.8 Å². The summed E-state index contributed by atoms with van der Waals surface area (Å²) in [5.74, 6) is -3.81. The molecule has 1 heterocycles. The summed E-state index contributed by atoms with van der Waals surface area (Å²) in [5.41, 5.74) is 1.25. The first kappa shape index (κ1) is 26.7. The first-order chi connectivity index (χ1) is 17.7. The Bertz CT molecular complexity index is 1350. The Morgan fingerprint density at radius 1 is 0.730 bits per heavy atom. The molecule has 0 N–H and O–H groups in total. The summed E-state index contributed by atoms with van der Waals surface area (Å²) in [7, 11) is 0. The van der Waals surface area contributed by atoms with Crippen LogP contribution in [0.5, 0.6) is 0 Å². The fourth-order valence-corrected chi connectivity index (χ4v) is 4.51. The van der Waals surface area contributed by atoms with E-state index in [4.69, 9.17) is 0 Å². The molecule has 0 spiro atoms. The number of pyridine rings is 1. The Balaban J connectivity index is 1.48. The first-order valence-corrected chi connectivity index (χ1v) is 12.4. The van der Waals surface area contributed by atoms with E-state index in [9.17, 15) is 22.0 Å². The molecule has 0 aliphatic heterocycles. The predicted molar refractivity (Wildman–Crippen MR) is 134 cm³/mol. The van der Waals surface area contributed by atoms with E-state index >= 15 is 4.39 Å². The van der Waals surface area contributed by atoms with E-state index < -0.39 is 29.2 Å². The lowest BCUT2D eigenvalue weighted by atomic mass is 9.97. The fraction of sp³-hybridized carbons (Fsp3) is 0.300. The Morgan fingerprint density at radius 2 is 1.49 bits per heavy atom. The number of hydrogen-bond acceptors (Lipinski definition) is 1. The minimum Gasteiger partial charge on any atom is -0.256 e. The van der Waals surface area contributed by atoms with Crippen LogP contribution in [-0.4, -0.2) is 4.98 Å². The highest BCUT2D eigenvalue weighted by Crippen LogP contribution is 2.34. The van der Waals surface area contributed by atoms with Gasteiger partial charge in [0.05, 0.1) is 5.69 Å². The molecule has 37 heavy (non-hydrogen) atoms. The van der Waals surface area contributed by atoms with Crippen LogP contribution in [0.3, 0.4) is 0 Å². The second-order valence-electron chi connectivity index (χ2n) is 9.27. The van der Waals surface area contributed by atoms with Gasteiger partial charge in [-0.3, -0.25) is 4.98 Å². The number of unbranched alkanes of at least 4 members (excludes halogenated alkanes) is 3. The van der Waals surface area contributed by atoms with Crippen molar-refractivity contribution < 1.29 is 26.3 Å². The third-order valence-electron chi connectivity index (χ3n) is 6.54. The molecule has 0 aliphatic carbocycles. The summed E-state index contributed by atoms with van der Waals surface area (Å²) < 4.78 is 81.3. The second-order valence-corrected chi connectivity index (χ2v) is 9.27. The Kier molecular flexibility index (Phi) is 8.20. The van der Waals surface area contributed by atoms with E-state index in [1.165, 1.54) is 24.8 Å². The van der Waals surface area contributed by atoms with Gasteiger partial charge >= 0.3 is 6.18 Å². The van der Waals surface area contributed by atoms with Crippen molar-refractivity contribution >= 4 is 10.8 Å². The molecule has 3 aromatic carbocycles. The number of rotatable bonds is 9. The highest BCUT2D eigenvalue weighted by atomic mass is 19.4. The lowest BCUT2D eigenvalue weighted by molar-refractivity contribution is -0.142. The molecule has 0 unspecified atom stereocenters. The van der Waals surface area contributed by atoms with Crippen molar-refractivity contribution in [1.82, 2.24) is 4.98 Å². The predicted octanol–water partition coefficient (Wildman–Crippen LogP) is 9.25. The molecule has 1 nitrogen and oxygen atoms in total. The number of benzene rings is 3. The number of aromatic nitrogens is 1. The van der Waals surface area contributed by atoms with Gasteiger partial charge in [0.15, 0.2) is 0 Å². The van der Waals surface area contributed by atoms with Gasteiger partial charge in [-0.15, -0.1) is 0 Å². The maximum Gasteiger partial charge on any atom is 0.422 e. The third kappa shape index (κ3) is 6.32. The molecule has 1 aromatic heterocycles. The molecule has 194 valence electrons. The number of aryl methyl sites for hydroxylation is 3. The van der Waals surface area contributed by atoms with Crippen LogP contribution in [0.25, 0.3) is 22.0 Å². The van der Waals surface area contributed by atoms with Gasteiger partial charge in [-0.05, 0) is 72.0 Å². The van der Waals surface area contributed by atoms with Crippen molar-refractivity contribution in [3.05, 3.63) is 100 Å². The van der Waals surface area contributed by atoms with Crippen molar-refractivity contribution in [3.63, 3.8) is 0 Å². The minimum absolute atomic E-state index is 0.0127. The molecule has 0 amide bonds. The van der Waals surface area contributed by atoms with Gasteiger partial charge in [-0.25, -0.2) is 13.2 Å². The van der Waals surface area contributed by atoms with E-state index in [0.717, 1.165) is 24.1 Å². The molecule has 0 saturated carbocycles. The lowest BCUT2D eigenvalue weighted by Crippen LogP contribution is -2.12.